The first-order chi connectivity index (χ1) is 16.6. The van der Waals surface area contributed by atoms with Gasteiger partial charge in [-0.2, -0.15) is 0 Å². The summed E-state index contributed by atoms with van der Waals surface area (Å²) < 4.78 is 27.1. The highest BCUT2D eigenvalue weighted by molar-refractivity contribution is 7.15. The fourth-order valence-corrected chi connectivity index (χ4v) is 4.88. The maximum absolute atomic E-state index is 13.2. The summed E-state index contributed by atoms with van der Waals surface area (Å²) in [7, 11) is 1.58. The number of thiazole rings is 1. The lowest BCUT2D eigenvalue weighted by Gasteiger charge is -2.16. The fraction of sp³-hybridized carbons (Fsp3) is 0.111. The number of para-hydroxylation sites is 2. The van der Waals surface area contributed by atoms with Gasteiger partial charge < -0.3 is 9.47 Å². The lowest BCUT2D eigenvalue weighted by atomic mass is 10.1. The van der Waals surface area contributed by atoms with Gasteiger partial charge in [-0.1, -0.05) is 41.7 Å². The van der Waals surface area contributed by atoms with Crippen molar-refractivity contribution in [3.8, 4) is 11.5 Å². The van der Waals surface area contributed by atoms with Gasteiger partial charge in [-0.3, -0.25) is 4.79 Å². The third kappa shape index (κ3) is 4.06. The lowest BCUT2D eigenvalue weighted by Crippen LogP contribution is -2.22. The average Bonchev–Trinajstić information content (AvgIpc) is 3.35. The molecule has 0 unspecified atom stereocenters. The van der Waals surface area contributed by atoms with E-state index in [0.29, 0.717) is 27.4 Å². The van der Waals surface area contributed by atoms with Crippen molar-refractivity contribution >= 4 is 33.4 Å². The molecule has 5 nitrogen and oxygen atoms in total. The second-order valence-electron chi connectivity index (χ2n) is 7.75. The van der Waals surface area contributed by atoms with Crippen molar-refractivity contribution in [2.45, 2.75) is 13.0 Å². The van der Waals surface area contributed by atoms with Crippen LogP contribution in [0.15, 0.2) is 78.1 Å². The van der Waals surface area contributed by atoms with Crippen LogP contribution in [0.4, 0.5) is 4.39 Å². The monoisotopic (exact) mass is 472 g/mol. The standard InChI is InChI=1S/C27H21FN2O3S/c1-3-6-19-13-18(14-23(32-2)25(19)33-16-17-9-11-20(28)12-10-17)15-24-26(31)30-22-8-5-4-7-21(22)29-27(30)34-24/h3-5,7-15H,1,6,16H2,2H3. The molecule has 0 bridgehead atoms. The second kappa shape index (κ2) is 9.11. The number of halogens is 1. The summed E-state index contributed by atoms with van der Waals surface area (Å²) in [6, 6.07) is 17.6. The Morgan fingerprint density at radius 2 is 1.94 bits per heavy atom. The molecule has 170 valence electrons. The molecule has 0 N–H and O–H groups in total. The number of rotatable bonds is 7. The Bertz CT molecular complexity index is 1620. The van der Waals surface area contributed by atoms with E-state index in [2.05, 4.69) is 11.6 Å². The first kappa shape index (κ1) is 21.9. The largest absolute Gasteiger partial charge is 0.493 e. The number of allylic oxidation sites excluding steroid dienone is 1. The van der Waals surface area contributed by atoms with Crippen LogP contribution in [0, 0.1) is 5.82 Å². The SMILES string of the molecule is C=CCc1cc(C=c2sc3nc4ccccc4n3c2=O)cc(OC)c1OCc1ccc(F)cc1. The molecular weight excluding hydrogens is 451 g/mol. The molecule has 7 heteroatoms. The number of hydrogen-bond acceptors (Lipinski definition) is 5. The molecule has 0 aliphatic rings. The van der Waals surface area contributed by atoms with Gasteiger partial charge in [0, 0.05) is 5.56 Å². The molecule has 2 heterocycles. The van der Waals surface area contributed by atoms with Crippen LogP contribution in [0.2, 0.25) is 0 Å². The molecule has 2 aromatic heterocycles. The molecule has 5 rings (SSSR count). The average molecular weight is 473 g/mol. The van der Waals surface area contributed by atoms with Gasteiger partial charge >= 0.3 is 0 Å². The third-order valence-corrected chi connectivity index (χ3v) is 6.45. The maximum Gasteiger partial charge on any atom is 0.274 e. The van der Waals surface area contributed by atoms with Gasteiger partial charge in [-0.25, -0.2) is 13.8 Å². The maximum atomic E-state index is 13.2. The smallest absolute Gasteiger partial charge is 0.274 e. The van der Waals surface area contributed by atoms with Gasteiger partial charge in [0.15, 0.2) is 16.5 Å². The molecule has 0 spiro atoms. The zero-order valence-electron chi connectivity index (χ0n) is 18.5. The molecule has 0 aliphatic heterocycles. The zero-order chi connectivity index (χ0) is 23.7. The molecule has 0 saturated heterocycles. The van der Waals surface area contributed by atoms with E-state index in [1.54, 1.807) is 29.7 Å². The normalized spacial score (nSPS) is 11.9. The van der Waals surface area contributed by atoms with Gasteiger partial charge in [0.25, 0.3) is 5.56 Å². The summed E-state index contributed by atoms with van der Waals surface area (Å²) in [6.07, 6.45) is 4.18. The first-order valence-corrected chi connectivity index (χ1v) is 11.5. The van der Waals surface area contributed by atoms with Gasteiger partial charge in [-0.05, 0) is 60.0 Å². The second-order valence-corrected chi connectivity index (χ2v) is 8.76. The van der Waals surface area contributed by atoms with E-state index in [0.717, 1.165) is 27.7 Å². The van der Waals surface area contributed by atoms with E-state index in [4.69, 9.17) is 9.47 Å². The minimum atomic E-state index is -0.291. The van der Waals surface area contributed by atoms with E-state index in [1.807, 2.05) is 42.5 Å². The minimum Gasteiger partial charge on any atom is -0.493 e. The predicted molar refractivity (Wildman–Crippen MR) is 133 cm³/mol. The molecule has 0 fully saturated rings. The van der Waals surface area contributed by atoms with E-state index < -0.39 is 0 Å². The summed E-state index contributed by atoms with van der Waals surface area (Å²) in [6.45, 7) is 4.12. The number of imidazole rings is 1. The number of hydrogen-bond donors (Lipinski definition) is 0. The molecule has 0 aliphatic carbocycles. The molecule has 0 atom stereocenters. The van der Waals surface area contributed by atoms with Crippen molar-refractivity contribution in [2.75, 3.05) is 7.11 Å². The van der Waals surface area contributed by atoms with Gasteiger partial charge in [0.1, 0.15) is 12.4 Å². The Morgan fingerprint density at radius 1 is 1.15 bits per heavy atom. The topological polar surface area (TPSA) is 52.8 Å². The summed E-state index contributed by atoms with van der Waals surface area (Å²) >= 11 is 1.35. The van der Waals surface area contributed by atoms with Crippen LogP contribution >= 0.6 is 11.3 Å². The van der Waals surface area contributed by atoms with Crippen LogP contribution in [-0.2, 0) is 13.0 Å². The van der Waals surface area contributed by atoms with Crippen molar-refractivity contribution in [1.82, 2.24) is 9.38 Å². The highest BCUT2D eigenvalue weighted by Crippen LogP contribution is 2.34. The Kier molecular flexibility index (Phi) is 5.86. The van der Waals surface area contributed by atoms with Crippen LogP contribution in [0.1, 0.15) is 16.7 Å². The van der Waals surface area contributed by atoms with Gasteiger partial charge in [0.05, 0.1) is 22.7 Å². The number of methoxy groups -OCH3 is 1. The Hall–Kier alpha value is -3.97. The van der Waals surface area contributed by atoms with Crippen molar-refractivity contribution in [3.05, 3.63) is 111 Å². The summed E-state index contributed by atoms with van der Waals surface area (Å²) in [4.78, 5) is 18.4. The molecule has 0 amide bonds. The first-order valence-electron chi connectivity index (χ1n) is 10.7. The van der Waals surface area contributed by atoms with Crippen molar-refractivity contribution in [2.24, 2.45) is 0 Å². The van der Waals surface area contributed by atoms with Crippen LogP contribution < -0.4 is 19.6 Å². The van der Waals surface area contributed by atoms with Crippen LogP contribution in [0.25, 0.3) is 22.1 Å². The number of nitrogens with zero attached hydrogens (tertiary/aromatic N) is 2. The number of benzene rings is 3. The summed E-state index contributed by atoms with van der Waals surface area (Å²) in [5.74, 6) is 0.852. The Labute approximate surface area is 199 Å². The predicted octanol–water partition coefficient (Wildman–Crippen LogP) is 4.91. The molecule has 5 aromatic rings. The number of fused-ring (bicyclic) bond motifs is 3. The van der Waals surface area contributed by atoms with E-state index in [9.17, 15) is 9.18 Å². The van der Waals surface area contributed by atoms with E-state index >= 15 is 0 Å². The van der Waals surface area contributed by atoms with Gasteiger partial charge in [-0.15, -0.1) is 6.58 Å². The molecule has 0 radical (unpaired) electrons. The summed E-state index contributed by atoms with van der Waals surface area (Å²) in [5.41, 5.74) is 4.03. The van der Waals surface area contributed by atoms with E-state index in [1.165, 1.54) is 23.5 Å². The van der Waals surface area contributed by atoms with Crippen LogP contribution in [-0.4, -0.2) is 16.5 Å². The van der Waals surface area contributed by atoms with E-state index in [-0.39, 0.29) is 18.0 Å². The van der Waals surface area contributed by atoms with Crippen molar-refractivity contribution < 1.29 is 13.9 Å². The van der Waals surface area contributed by atoms with Crippen molar-refractivity contribution in [1.29, 1.82) is 0 Å². The molecule has 0 saturated carbocycles. The van der Waals surface area contributed by atoms with Crippen molar-refractivity contribution in [3.63, 3.8) is 0 Å². The zero-order valence-corrected chi connectivity index (χ0v) is 19.3. The molecule has 3 aromatic carbocycles. The van der Waals surface area contributed by atoms with Crippen LogP contribution in [0.3, 0.4) is 0 Å². The van der Waals surface area contributed by atoms with Gasteiger partial charge in [0.2, 0.25) is 0 Å². The third-order valence-electron chi connectivity index (χ3n) is 5.48. The minimum absolute atomic E-state index is 0.102. The molecular formula is C27H21FN2O3S. The quantitative estimate of drug-likeness (QED) is 0.316. The number of aromatic nitrogens is 2. The number of ether oxygens (including phenoxy) is 2. The Balaban J connectivity index is 1.55. The lowest BCUT2D eigenvalue weighted by molar-refractivity contribution is 0.282. The highest BCUT2D eigenvalue weighted by Gasteiger charge is 2.14. The molecule has 34 heavy (non-hydrogen) atoms. The highest BCUT2D eigenvalue weighted by atomic mass is 32.1. The Morgan fingerprint density at radius 3 is 2.71 bits per heavy atom. The van der Waals surface area contributed by atoms with Crippen LogP contribution in [0.5, 0.6) is 11.5 Å². The fourth-order valence-electron chi connectivity index (χ4n) is 3.89. The summed E-state index contributed by atoms with van der Waals surface area (Å²) in [5, 5.41) is 0.